The Kier molecular flexibility index (Phi) is 7.96. The van der Waals surface area contributed by atoms with Gasteiger partial charge in [-0.25, -0.2) is 4.79 Å². The van der Waals surface area contributed by atoms with Crippen molar-refractivity contribution < 1.29 is 9.53 Å². The van der Waals surface area contributed by atoms with Gasteiger partial charge in [0.15, 0.2) is 0 Å². The molecule has 8 heteroatoms. The zero-order chi connectivity index (χ0) is 25.1. The van der Waals surface area contributed by atoms with Gasteiger partial charge in [-0.15, -0.1) is 22.7 Å². The fourth-order valence-corrected chi connectivity index (χ4v) is 6.73. The topological polar surface area (TPSA) is 41.6 Å². The largest absolute Gasteiger partial charge is 0.463 e. The number of hydrogen-bond donors (Lipinski definition) is 1. The van der Waals surface area contributed by atoms with E-state index < -0.39 is 0 Å². The number of esters is 1. The summed E-state index contributed by atoms with van der Waals surface area (Å²) >= 11 is 10.5. The lowest BCUT2D eigenvalue weighted by molar-refractivity contribution is -0.139. The molecule has 1 aliphatic rings. The maximum absolute atomic E-state index is 13.6. The molecule has 3 heterocycles. The highest BCUT2D eigenvalue weighted by molar-refractivity contribution is 9.10. The van der Waals surface area contributed by atoms with Crippen molar-refractivity contribution in [2.75, 3.05) is 16.8 Å². The molecule has 0 radical (unpaired) electrons. The third-order valence-corrected chi connectivity index (χ3v) is 9.01. The molecule has 0 saturated carbocycles. The maximum Gasteiger partial charge on any atom is 0.338 e. The second kappa shape index (κ2) is 11.3. The van der Waals surface area contributed by atoms with Gasteiger partial charge in [-0.1, -0.05) is 44.0 Å². The van der Waals surface area contributed by atoms with Crippen LogP contribution in [0.25, 0.3) is 0 Å². The Bertz CT molecular complexity index is 1340. The van der Waals surface area contributed by atoms with Crippen molar-refractivity contribution in [1.29, 1.82) is 0 Å². The lowest BCUT2D eigenvalue weighted by Crippen LogP contribution is -2.41. The number of halogens is 2. The van der Waals surface area contributed by atoms with Gasteiger partial charge in [-0.3, -0.25) is 0 Å². The molecule has 0 bridgehead atoms. The van der Waals surface area contributed by atoms with Crippen LogP contribution >= 0.6 is 54.5 Å². The lowest BCUT2D eigenvalue weighted by Gasteiger charge is -2.44. The summed E-state index contributed by atoms with van der Waals surface area (Å²) in [6, 6.07) is 24.5. The number of rotatable bonds is 7. The van der Waals surface area contributed by atoms with Crippen molar-refractivity contribution in [2.45, 2.75) is 25.4 Å². The average molecular weight is 644 g/mol. The van der Waals surface area contributed by atoms with Crippen molar-refractivity contribution in [2.24, 2.45) is 0 Å². The molecule has 184 valence electrons. The van der Waals surface area contributed by atoms with E-state index in [4.69, 9.17) is 4.74 Å². The van der Waals surface area contributed by atoms with E-state index in [0.717, 1.165) is 30.9 Å². The van der Waals surface area contributed by atoms with Crippen molar-refractivity contribution in [3.05, 3.63) is 114 Å². The van der Waals surface area contributed by atoms with E-state index >= 15 is 0 Å². The van der Waals surface area contributed by atoms with E-state index in [1.165, 1.54) is 4.88 Å². The quantitative estimate of drug-likeness (QED) is 0.204. The monoisotopic (exact) mass is 642 g/mol. The van der Waals surface area contributed by atoms with Gasteiger partial charge in [0, 0.05) is 42.2 Å². The summed E-state index contributed by atoms with van der Waals surface area (Å²) in [6.07, 6.45) is 0.642. The number of hydrogen-bond acceptors (Lipinski definition) is 6. The van der Waals surface area contributed by atoms with E-state index in [-0.39, 0.29) is 18.1 Å². The Morgan fingerprint density at radius 3 is 2.14 bits per heavy atom. The molecule has 4 nitrogen and oxygen atoms in total. The van der Waals surface area contributed by atoms with Gasteiger partial charge in [0.2, 0.25) is 0 Å². The minimum absolute atomic E-state index is 0.0365. The number of ether oxygens (including phenoxy) is 1. The fraction of sp³-hybridized carbons (Fsp3) is 0.179. The van der Waals surface area contributed by atoms with Gasteiger partial charge < -0.3 is 15.0 Å². The molecule has 36 heavy (non-hydrogen) atoms. The molecule has 5 rings (SSSR count). The molecule has 2 aromatic heterocycles. The fourth-order valence-electron chi connectivity index (χ4n) is 4.54. The SMILES string of the molecule is CCOC(=O)C1=C(Nc2ccc(Br)cc2)CC(c2cccs2)N(c2ccc(Br)cc2)C1c1cccs1. The number of benzene rings is 2. The number of carbonyl (C=O) groups excluding carboxylic acids is 1. The highest BCUT2D eigenvalue weighted by Crippen LogP contribution is 2.49. The summed E-state index contributed by atoms with van der Waals surface area (Å²) in [5.41, 5.74) is 3.53. The van der Waals surface area contributed by atoms with E-state index in [1.54, 1.807) is 22.7 Å². The van der Waals surface area contributed by atoms with Crippen LogP contribution in [0.15, 0.2) is 104 Å². The van der Waals surface area contributed by atoms with Gasteiger partial charge in [0.25, 0.3) is 0 Å². The number of carbonyl (C=O) groups is 1. The van der Waals surface area contributed by atoms with Crippen LogP contribution in [0, 0.1) is 0 Å². The van der Waals surface area contributed by atoms with Crippen LogP contribution in [0.3, 0.4) is 0 Å². The predicted molar refractivity (Wildman–Crippen MR) is 157 cm³/mol. The average Bonchev–Trinajstić information content (AvgIpc) is 3.60. The predicted octanol–water partition coefficient (Wildman–Crippen LogP) is 8.96. The van der Waals surface area contributed by atoms with Crippen LogP contribution in [0.1, 0.15) is 35.2 Å². The minimum atomic E-state index is -0.302. The van der Waals surface area contributed by atoms with Crippen LogP contribution in [0.2, 0.25) is 0 Å². The first-order valence-electron chi connectivity index (χ1n) is 11.6. The van der Waals surface area contributed by atoms with Crippen LogP contribution < -0.4 is 10.2 Å². The highest BCUT2D eigenvalue weighted by atomic mass is 79.9. The van der Waals surface area contributed by atoms with Crippen molar-refractivity contribution in [3.8, 4) is 0 Å². The molecule has 2 unspecified atom stereocenters. The first kappa shape index (κ1) is 25.3. The smallest absolute Gasteiger partial charge is 0.338 e. The number of anilines is 2. The maximum atomic E-state index is 13.6. The van der Waals surface area contributed by atoms with Crippen LogP contribution in [-0.2, 0) is 9.53 Å². The molecule has 2 atom stereocenters. The molecule has 2 aromatic carbocycles. The molecule has 4 aromatic rings. The molecule has 0 spiro atoms. The Hall–Kier alpha value is -2.39. The molecular formula is C28H24Br2N2O2S2. The molecular weight excluding hydrogens is 620 g/mol. The Labute approximate surface area is 235 Å². The van der Waals surface area contributed by atoms with Crippen LogP contribution in [0.4, 0.5) is 11.4 Å². The van der Waals surface area contributed by atoms with Crippen molar-refractivity contribution >= 4 is 71.9 Å². The third-order valence-electron chi connectivity index (χ3n) is 6.05. The zero-order valence-electron chi connectivity index (χ0n) is 19.5. The standard InChI is InChI=1S/C28H24Br2N2O2S2/c1-2-34-28(33)26-22(31-20-11-7-18(29)8-12-20)17-23(24-5-3-15-35-24)32(21-13-9-19(30)10-14-21)27(26)25-6-4-16-36-25/h3-16,23,27,31H,2,17H2,1H3. The zero-order valence-corrected chi connectivity index (χ0v) is 24.3. The normalized spacial score (nSPS) is 17.8. The number of nitrogens with zero attached hydrogens (tertiary/aromatic N) is 1. The summed E-state index contributed by atoms with van der Waals surface area (Å²) in [5, 5.41) is 7.77. The number of nitrogens with one attached hydrogen (secondary N) is 1. The molecule has 0 saturated heterocycles. The van der Waals surface area contributed by atoms with Gasteiger partial charge in [-0.2, -0.15) is 0 Å². The van der Waals surface area contributed by atoms with Gasteiger partial charge in [0.1, 0.15) is 0 Å². The van der Waals surface area contributed by atoms with Crippen molar-refractivity contribution in [1.82, 2.24) is 0 Å². The summed E-state index contributed by atoms with van der Waals surface area (Å²) in [7, 11) is 0. The molecule has 1 aliphatic heterocycles. The Morgan fingerprint density at radius 2 is 1.56 bits per heavy atom. The van der Waals surface area contributed by atoms with E-state index in [2.05, 4.69) is 95.3 Å². The van der Waals surface area contributed by atoms with Crippen LogP contribution in [-0.4, -0.2) is 12.6 Å². The number of thiophene rings is 2. The first-order valence-corrected chi connectivity index (χ1v) is 14.9. The third kappa shape index (κ3) is 5.32. The van der Waals surface area contributed by atoms with Gasteiger partial charge >= 0.3 is 5.97 Å². The van der Waals surface area contributed by atoms with E-state index in [0.29, 0.717) is 18.6 Å². The van der Waals surface area contributed by atoms with Crippen LogP contribution in [0.5, 0.6) is 0 Å². The Balaban J connectivity index is 1.72. The summed E-state index contributed by atoms with van der Waals surface area (Å²) in [5.74, 6) is -0.290. The molecule has 0 fully saturated rings. The summed E-state index contributed by atoms with van der Waals surface area (Å²) in [4.78, 5) is 18.3. The van der Waals surface area contributed by atoms with E-state index in [1.807, 2.05) is 37.3 Å². The second-order valence-corrected chi connectivity index (χ2v) is 12.1. The Morgan fingerprint density at radius 1 is 0.944 bits per heavy atom. The van der Waals surface area contributed by atoms with Gasteiger partial charge in [0.05, 0.1) is 24.3 Å². The van der Waals surface area contributed by atoms with Gasteiger partial charge in [-0.05, 0) is 78.3 Å². The summed E-state index contributed by atoms with van der Waals surface area (Å²) in [6.45, 7) is 2.17. The summed E-state index contributed by atoms with van der Waals surface area (Å²) < 4.78 is 7.68. The molecule has 0 amide bonds. The minimum Gasteiger partial charge on any atom is -0.463 e. The van der Waals surface area contributed by atoms with Crippen molar-refractivity contribution in [3.63, 3.8) is 0 Å². The molecule has 0 aliphatic carbocycles. The second-order valence-electron chi connectivity index (χ2n) is 8.28. The van der Waals surface area contributed by atoms with E-state index in [9.17, 15) is 4.79 Å². The molecule has 1 N–H and O–H groups in total. The lowest BCUT2D eigenvalue weighted by atomic mass is 9.89. The first-order chi connectivity index (χ1) is 17.5. The highest BCUT2D eigenvalue weighted by Gasteiger charge is 2.42.